The van der Waals surface area contributed by atoms with Gasteiger partial charge < -0.3 is 10.1 Å². The summed E-state index contributed by atoms with van der Waals surface area (Å²) in [6, 6.07) is 19.1. The first-order valence-corrected chi connectivity index (χ1v) is 7.37. The largest absolute Gasteiger partial charge is 0.457 e. The molecule has 2 aromatic rings. The lowest BCUT2D eigenvalue weighted by molar-refractivity contribution is 0.481. The zero-order valence-electron chi connectivity index (χ0n) is 11.9. The maximum atomic E-state index is 5.89. The Morgan fingerprint density at radius 1 is 1.05 bits per heavy atom. The fraction of sp³-hybridized carbons (Fsp3) is 0.333. The average Bonchev–Trinajstić information content (AvgIpc) is 3.30. The molecule has 2 nitrogen and oxygen atoms in total. The maximum Gasteiger partial charge on any atom is 0.127 e. The predicted molar refractivity (Wildman–Crippen MR) is 82.4 cm³/mol. The molecular weight excluding hydrogens is 246 g/mol. The second-order valence-corrected chi connectivity index (χ2v) is 5.57. The van der Waals surface area contributed by atoms with E-state index in [1.807, 2.05) is 36.4 Å². The van der Waals surface area contributed by atoms with Crippen molar-refractivity contribution in [2.45, 2.75) is 31.7 Å². The van der Waals surface area contributed by atoms with E-state index in [9.17, 15) is 0 Å². The molecule has 104 valence electrons. The van der Waals surface area contributed by atoms with Crippen molar-refractivity contribution in [3.63, 3.8) is 0 Å². The maximum absolute atomic E-state index is 5.89. The summed E-state index contributed by atoms with van der Waals surface area (Å²) in [6.07, 6.45) is 2.67. The van der Waals surface area contributed by atoms with Gasteiger partial charge in [0.2, 0.25) is 0 Å². The molecule has 1 aliphatic rings. The third kappa shape index (κ3) is 3.61. The Balaban J connectivity index is 1.65. The summed E-state index contributed by atoms with van der Waals surface area (Å²) >= 11 is 0. The van der Waals surface area contributed by atoms with Gasteiger partial charge in [0.15, 0.2) is 0 Å². The van der Waals surface area contributed by atoms with Crippen molar-refractivity contribution in [1.82, 2.24) is 5.32 Å². The van der Waals surface area contributed by atoms with Crippen LogP contribution in [0.2, 0.25) is 0 Å². The number of hydrogen-bond donors (Lipinski definition) is 1. The number of para-hydroxylation sites is 1. The molecule has 20 heavy (non-hydrogen) atoms. The van der Waals surface area contributed by atoms with Gasteiger partial charge in [-0.15, -0.1) is 0 Å². The number of hydrogen-bond acceptors (Lipinski definition) is 2. The molecule has 0 aliphatic heterocycles. The van der Waals surface area contributed by atoms with Crippen LogP contribution in [0, 0.1) is 0 Å². The van der Waals surface area contributed by atoms with Crippen LogP contribution in [0.1, 0.15) is 31.2 Å². The minimum atomic E-state index is 0.509. The van der Waals surface area contributed by atoms with Crippen LogP contribution in [0.5, 0.6) is 11.5 Å². The Morgan fingerprint density at radius 2 is 1.80 bits per heavy atom. The zero-order valence-corrected chi connectivity index (χ0v) is 11.9. The lowest BCUT2D eigenvalue weighted by Crippen LogP contribution is -2.21. The SMILES string of the molecule is CC(CNC1CC1)c1cccc(Oc2ccccc2)c1. The summed E-state index contributed by atoms with van der Waals surface area (Å²) in [6.45, 7) is 3.30. The Labute approximate surface area is 120 Å². The van der Waals surface area contributed by atoms with Gasteiger partial charge in [0.25, 0.3) is 0 Å². The fourth-order valence-electron chi connectivity index (χ4n) is 2.26. The van der Waals surface area contributed by atoms with Gasteiger partial charge in [-0.1, -0.05) is 37.3 Å². The fourth-order valence-corrected chi connectivity index (χ4v) is 2.26. The van der Waals surface area contributed by atoms with E-state index in [4.69, 9.17) is 4.74 Å². The molecule has 0 bridgehead atoms. The number of benzene rings is 2. The second kappa shape index (κ2) is 6.10. The van der Waals surface area contributed by atoms with Crippen molar-refractivity contribution in [3.05, 3.63) is 60.2 Å². The van der Waals surface area contributed by atoms with Crippen LogP contribution in [-0.2, 0) is 0 Å². The first kappa shape index (κ1) is 13.2. The van der Waals surface area contributed by atoms with Gasteiger partial charge in [0.1, 0.15) is 11.5 Å². The van der Waals surface area contributed by atoms with Crippen molar-refractivity contribution < 1.29 is 4.74 Å². The molecule has 1 saturated carbocycles. The summed E-state index contributed by atoms with van der Waals surface area (Å²) in [7, 11) is 0. The summed E-state index contributed by atoms with van der Waals surface area (Å²) in [5.41, 5.74) is 1.33. The van der Waals surface area contributed by atoms with Gasteiger partial charge in [0, 0.05) is 12.6 Å². The van der Waals surface area contributed by atoms with E-state index in [0.29, 0.717) is 5.92 Å². The van der Waals surface area contributed by atoms with Crippen LogP contribution in [0.25, 0.3) is 0 Å². The molecule has 0 amide bonds. The van der Waals surface area contributed by atoms with Crippen LogP contribution in [0.15, 0.2) is 54.6 Å². The minimum absolute atomic E-state index is 0.509. The molecule has 2 aromatic carbocycles. The number of rotatable bonds is 6. The van der Waals surface area contributed by atoms with Crippen molar-refractivity contribution in [3.8, 4) is 11.5 Å². The first-order chi connectivity index (χ1) is 9.81. The van der Waals surface area contributed by atoms with Crippen LogP contribution in [0.3, 0.4) is 0 Å². The van der Waals surface area contributed by atoms with E-state index in [2.05, 4.69) is 30.4 Å². The van der Waals surface area contributed by atoms with Gasteiger partial charge in [-0.25, -0.2) is 0 Å². The molecule has 1 fully saturated rings. The summed E-state index contributed by atoms with van der Waals surface area (Å²) in [5, 5.41) is 3.58. The minimum Gasteiger partial charge on any atom is -0.457 e. The summed E-state index contributed by atoms with van der Waals surface area (Å²) < 4.78 is 5.89. The van der Waals surface area contributed by atoms with Gasteiger partial charge in [0.05, 0.1) is 0 Å². The molecule has 1 unspecified atom stereocenters. The van der Waals surface area contributed by atoms with Gasteiger partial charge in [-0.2, -0.15) is 0 Å². The highest BCUT2D eigenvalue weighted by atomic mass is 16.5. The lowest BCUT2D eigenvalue weighted by Gasteiger charge is -2.14. The van der Waals surface area contributed by atoms with Gasteiger partial charge in [-0.3, -0.25) is 0 Å². The quantitative estimate of drug-likeness (QED) is 0.841. The van der Waals surface area contributed by atoms with Crippen molar-refractivity contribution >= 4 is 0 Å². The molecule has 1 N–H and O–H groups in total. The molecule has 0 heterocycles. The van der Waals surface area contributed by atoms with E-state index >= 15 is 0 Å². The summed E-state index contributed by atoms with van der Waals surface area (Å²) in [4.78, 5) is 0. The highest BCUT2D eigenvalue weighted by Gasteiger charge is 2.21. The molecular formula is C18H21NO. The smallest absolute Gasteiger partial charge is 0.127 e. The molecule has 3 rings (SSSR count). The summed E-state index contributed by atoms with van der Waals surface area (Å²) in [5.74, 6) is 2.30. The number of ether oxygens (including phenoxy) is 1. The van der Waals surface area contributed by atoms with E-state index in [1.54, 1.807) is 0 Å². The lowest BCUT2D eigenvalue weighted by atomic mass is 10.0. The van der Waals surface area contributed by atoms with Crippen LogP contribution in [-0.4, -0.2) is 12.6 Å². The van der Waals surface area contributed by atoms with Crippen molar-refractivity contribution in [2.75, 3.05) is 6.54 Å². The van der Waals surface area contributed by atoms with Gasteiger partial charge >= 0.3 is 0 Å². The van der Waals surface area contributed by atoms with E-state index in [1.165, 1.54) is 18.4 Å². The first-order valence-electron chi connectivity index (χ1n) is 7.37. The number of nitrogens with one attached hydrogen (secondary N) is 1. The Bertz CT molecular complexity index is 548. The predicted octanol–water partition coefficient (Wildman–Crippen LogP) is 4.33. The molecule has 2 heteroatoms. The third-order valence-electron chi connectivity index (χ3n) is 3.70. The van der Waals surface area contributed by atoms with Crippen LogP contribution < -0.4 is 10.1 Å². The molecule has 0 radical (unpaired) electrons. The third-order valence-corrected chi connectivity index (χ3v) is 3.70. The van der Waals surface area contributed by atoms with Crippen molar-refractivity contribution in [2.24, 2.45) is 0 Å². The highest BCUT2D eigenvalue weighted by molar-refractivity contribution is 5.35. The zero-order chi connectivity index (χ0) is 13.8. The Kier molecular flexibility index (Phi) is 4.03. The standard InChI is InChI=1S/C18H21NO/c1-14(13-19-16-10-11-16)15-6-5-9-18(12-15)20-17-7-3-2-4-8-17/h2-9,12,14,16,19H,10-11,13H2,1H3. The average molecular weight is 267 g/mol. The molecule has 1 atom stereocenters. The molecule has 0 saturated heterocycles. The normalized spacial score (nSPS) is 15.8. The van der Waals surface area contributed by atoms with E-state index in [-0.39, 0.29) is 0 Å². The molecule has 0 spiro atoms. The van der Waals surface area contributed by atoms with E-state index < -0.39 is 0 Å². The van der Waals surface area contributed by atoms with Crippen molar-refractivity contribution in [1.29, 1.82) is 0 Å². The Hall–Kier alpha value is -1.80. The highest BCUT2D eigenvalue weighted by Crippen LogP contribution is 2.26. The monoisotopic (exact) mass is 267 g/mol. The topological polar surface area (TPSA) is 21.3 Å². The second-order valence-electron chi connectivity index (χ2n) is 5.57. The molecule has 0 aromatic heterocycles. The Morgan fingerprint density at radius 3 is 2.55 bits per heavy atom. The molecule has 1 aliphatic carbocycles. The van der Waals surface area contributed by atoms with E-state index in [0.717, 1.165) is 24.1 Å². The van der Waals surface area contributed by atoms with Gasteiger partial charge in [-0.05, 0) is 48.6 Å². The van der Waals surface area contributed by atoms with Crippen LogP contribution >= 0.6 is 0 Å². The van der Waals surface area contributed by atoms with Crippen LogP contribution in [0.4, 0.5) is 0 Å².